The van der Waals surface area contributed by atoms with Crippen LogP contribution in [0.5, 0.6) is 0 Å². The molecule has 0 bridgehead atoms. The van der Waals surface area contributed by atoms with E-state index in [-0.39, 0.29) is 6.54 Å². The van der Waals surface area contributed by atoms with Gasteiger partial charge in [0.1, 0.15) is 5.82 Å². The summed E-state index contributed by atoms with van der Waals surface area (Å²) in [5.41, 5.74) is 0.635. The van der Waals surface area contributed by atoms with E-state index in [9.17, 15) is 8.42 Å². The van der Waals surface area contributed by atoms with Crippen LogP contribution < -0.4 is 10.0 Å². The van der Waals surface area contributed by atoms with Gasteiger partial charge in [-0.1, -0.05) is 0 Å². The highest BCUT2D eigenvalue weighted by molar-refractivity contribution is 7.88. The fraction of sp³-hybridized carbons (Fsp3) is 0.500. The maximum atomic E-state index is 11.0. The molecule has 2 N–H and O–H groups in total. The molecule has 2 aromatic heterocycles. The Bertz CT molecular complexity index is 666. The van der Waals surface area contributed by atoms with Gasteiger partial charge in [-0.3, -0.25) is 0 Å². The van der Waals surface area contributed by atoms with Crippen molar-refractivity contribution >= 4 is 21.5 Å². The Morgan fingerprint density at radius 3 is 2.79 bits per heavy atom. The lowest BCUT2D eigenvalue weighted by atomic mass is 10.4. The van der Waals surface area contributed by atoms with Crippen molar-refractivity contribution in [3.63, 3.8) is 0 Å². The molecule has 19 heavy (non-hydrogen) atoms. The van der Waals surface area contributed by atoms with E-state index in [1.54, 1.807) is 4.52 Å². The van der Waals surface area contributed by atoms with Crippen molar-refractivity contribution in [2.45, 2.75) is 13.3 Å². The molecule has 0 unspecified atom stereocenters. The van der Waals surface area contributed by atoms with Gasteiger partial charge in [-0.15, -0.1) is 15.3 Å². The third-order valence-corrected chi connectivity index (χ3v) is 3.13. The Kier molecular flexibility index (Phi) is 3.96. The number of fused-ring (bicyclic) bond motifs is 1. The molecule has 9 heteroatoms. The van der Waals surface area contributed by atoms with Gasteiger partial charge in [-0.25, -0.2) is 13.1 Å². The number of anilines is 1. The van der Waals surface area contributed by atoms with Crippen LogP contribution in [0.2, 0.25) is 0 Å². The fourth-order valence-corrected chi connectivity index (χ4v) is 2.09. The Morgan fingerprint density at radius 1 is 1.32 bits per heavy atom. The Balaban J connectivity index is 2.16. The zero-order valence-electron chi connectivity index (χ0n) is 10.8. The summed E-state index contributed by atoms with van der Waals surface area (Å²) >= 11 is 0. The summed E-state index contributed by atoms with van der Waals surface area (Å²) in [4.78, 5) is 0. The van der Waals surface area contributed by atoms with Crippen LogP contribution in [-0.4, -0.2) is 47.6 Å². The van der Waals surface area contributed by atoms with E-state index in [0.717, 1.165) is 18.6 Å². The van der Waals surface area contributed by atoms with Crippen LogP contribution >= 0.6 is 0 Å². The van der Waals surface area contributed by atoms with Crippen molar-refractivity contribution < 1.29 is 8.42 Å². The minimum atomic E-state index is -3.19. The van der Waals surface area contributed by atoms with Crippen molar-refractivity contribution in [1.29, 1.82) is 0 Å². The van der Waals surface area contributed by atoms with Crippen LogP contribution in [0, 0.1) is 0 Å². The predicted octanol–water partition coefficient (Wildman–Crippen LogP) is -0.352. The zero-order chi connectivity index (χ0) is 13.9. The van der Waals surface area contributed by atoms with Crippen molar-refractivity contribution in [2.24, 2.45) is 0 Å². The van der Waals surface area contributed by atoms with Gasteiger partial charge in [-0.2, -0.15) is 4.52 Å². The average Bonchev–Trinajstić information content (AvgIpc) is 2.71. The fourth-order valence-electron chi connectivity index (χ4n) is 1.61. The summed E-state index contributed by atoms with van der Waals surface area (Å²) in [5, 5.41) is 15.4. The molecule has 0 saturated heterocycles. The van der Waals surface area contributed by atoms with Crippen molar-refractivity contribution in [2.75, 3.05) is 24.7 Å². The SMILES string of the molecule is CCNc1ccc2nnc(CCNS(C)(=O)=O)n2n1. The van der Waals surface area contributed by atoms with Gasteiger partial charge in [0.15, 0.2) is 11.5 Å². The van der Waals surface area contributed by atoms with Crippen LogP contribution in [0.15, 0.2) is 12.1 Å². The number of nitrogens with zero attached hydrogens (tertiary/aromatic N) is 4. The number of hydrogen-bond donors (Lipinski definition) is 2. The van der Waals surface area contributed by atoms with Gasteiger partial charge >= 0.3 is 0 Å². The molecule has 0 aliphatic carbocycles. The highest BCUT2D eigenvalue weighted by Gasteiger charge is 2.08. The second kappa shape index (κ2) is 5.49. The third kappa shape index (κ3) is 3.61. The van der Waals surface area contributed by atoms with E-state index >= 15 is 0 Å². The molecule has 0 saturated carbocycles. The molecule has 0 fully saturated rings. The lowest BCUT2D eigenvalue weighted by Crippen LogP contribution is -2.25. The van der Waals surface area contributed by atoms with Crippen LogP contribution in [0.25, 0.3) is 5.65 Å². The lowest BCUT2D eigenvalue weighted by molar-refractivity contribution is 0.586. The molecule has 8 nitrogen and oxygen atoms in total. The van der Waals surface area contributed by atoms with Gasteiger partial charge in [0, 0.05) is 19.5 Å². The molecule has 0 atom stereocenters. The smallest absolute Gasteiger partial charge is 0.208 e. The molecule has 104 valence electrons. The first kappa shape index (κ1) is 13.7. The van der Waals surface area contributed by atoms with Crippen molar-refractivity contribution in [3.05, 3.63) is 18.0 Å². The second-order valence-electron chi connectivity index (χ2n) is 4.05. The molecule has 0 amide bonds. The summed E-state index contributed by atoms with van der Waals surface area (Å²) in [6.07, 6.45) is 1.55. The number of rotatable bonds is 6. The van der Waals surface area contributed by atoms with Crippen molar-refractivity contribution in [1.82, 2.24) is 24.5 Å². The van der Waals surface area contributed by atoms with E-state index in [1.807, 2.05) is 19.1 Å². The normalized spacial score (nSPS) is 11.9. The van der Waals surface area contributed by atoms with Crippen LogP contribution in [0.3, 0.4) is 0 Å². The molecule has 2 rings (SSSR count). The molecule has 2 aromatic rings. The summed E-state index contributed by atoms with van der Waals surface area (Å²) < 4.78 is 26.0. The minimum absolute atomic E-state index is 0.271. The van der Waals surface area contributed by atoms with E-state index in [2.05, 4.69) is 25.3 Å². The van der Waals surface area contributed by atoms with Crippen LogP contribution in [0.4, 0.5) is 5.82 Å². The lowest BCUT2D eigenvalue weighted by Gasteiger charge is -2.04. The average molecular weight is 284 g/mol. The Labute approximate surface area is 111 Å². The molecular weight excluding hydrogens is 268 g/mol. The van der Waals surface area contributed by atoms with Gasteiger partial charge in [0.05, 0.1) is 6.26 Å². The highest BCUT2D eigenvalue weighted by Crippen LogP contribution is 2.07. The molecule has 0 aromatic carbocycles. The molecular formula is C10H16N6O2S. The second-order valence-corrected chi connectivity index (χ2v) is 5.88. The van der Waals surface area contributed by atoms with Gasteiger partial charge < -0.3 is 5.32 Å². The summed E-state index contributed by atoms with van der Waals surface area (Å²) in [6.45, 7) is 3.02. The molecule has 0 spiro atoms. The first-order valence-electron chi connectivity index (χ1n) is 5.89. The van der Waals surface area contributed by atoms with Crippen molar-refractivity contribution in [3.8, 4) is 0 Å². The predicted molar refractivity (Wildman–Crippen MR) is 71.5 cm³/mol. The number of aromatic nitrogens is 4. The van der Waals surface area contributed by atoms with Gasteiger partial charge in [-0.05, 0) is 19.1 Å². The maximum Gasteiger partial charge on any atom is 0.208 e. The Hall–Kier alpha value is -1.74. The molecule has 0 radical (unpaired) electrons. The monoisotopic (exact) mass is 284 g/mol. The summed E-state index contributed by atoms with van der Waals surface area (Å²) in [5.74, 6) is 1.35. The standard InChI is InChI=1S/C10H16N6O2S/c1-3-11-8-4-5-9-13-14-10(16(9)15-8)6-7-12-19(2,17)18/h4-5,12H,3,6-7H2,1-2H3,(H,11,15). The number of sulfonamides is 1. The first-order chi connectivity index (χ1) is 8.99. The molecule has 0 aliphatic rings. The quantitative estimate of drug-likeness (QED) is 0.751. The third-order valence-electron chi connectivity index (χ3n) is 2.40. The number of nitrogens with one attached hydrogen (secondary N) is 2. The number of hydrogen-bond acceptors (Lipinski definition) is 6. The van der Waals surface area contributed by atoms with Gasteiger partial charge in [0.2, 0.25) is 10.0 Å². The van der Waals surface area contributed by atoms with Gasteiger partial charge in [0.25, 0.3) is 0 Å². The highest BCUT2D eigenvalue weighted by atomic mass is 32.2. The molecule has 0 aliphatic heterocycles. The summed E-state index contributed by atoms with van der Waals surface area (Å²) in [7, 11) is -3.19. The summed E-state index contributed by atoms with van der Waals surface area (Å²) in [6, 6.07) is 3.64. The van der Waals surface area contributed by atoms with E-state index in [4.69, 9.17) is 0 Å². The van der Waals surface area contributed by atoms with E-state index in [0.29, 0.717) is 17.9 Å². The largest absolute Gasteiger partial charge is 0.369 e. The topological polar surface area (TPSA) is 101 Å². The van der Waals surface area contributed by atoms with Crippen LogP contribution in [-0.2, 0) is 16.4 Å². The molecule has 2 heterocycles. The Morgan fingerprint density at radius 2 is 2.11 bits per heavy atom. The minimum Gasteiger partial charge on any atom is -0.369 e. The zero-order valence-corrected chi connectivity index (χ0v) is 11.6. The first-order valence-corrected chi connectivity index (χ1v) is 7.78. The van der Waals surface area contributed by atoms with E-state index < -0.39 is 10.0 Å². The van der Waals surface area contributed by atoms with E-state index in [1.165, 1.54) is 0 Å². The van der Waals surface area contributed by atoms with Crippen LogP contribution in [0.1, 0.15) is 12.7 Å². The maximum absolute atomic E-state index is 11.0.